The molecule has 9 heteroatoms. The number of anilines is 1. The molecule has 140 valence electrons. The van der Waals surface area contributed by atoms with Crippen LogP contribution >= 0.6 is 0 Å². The molecule has 1 aromatic carbocycles. The Hall–Kier alpha value is -2.52. The van der Waals surface area contributed by atoms with Crippen LogP contribution in [0, 0.1) is 13.8 Å². The van der Waals surface area contributed by atoms with Crippen molar-refractivity contribution >= 4 is 27.4 Å². The van der Waals surface area contributed by atoms with Crippen molar-refractivity contribution < 1.29 is 18.0 Å². The molecule has 1 aromatic heterocycles. The van der Waals surface area contributed by atoms with Crippen LogP contribution in [0.2, 0.25) is 0 Å². The Labute approximate surface area is 152 Å². The van der Waals surface area contributed by atoms with Crippen LogP contribution in [-0.4, -0.2) is 48.3 Å². The van der Waals surface area contributed by atoms with Gasteiger partial charge in [-0.3, -0.25) is 14.3 Å². The largest absolute Gasteiger partial charge is 0.324 e. The molecule has 8 nitrogen and oxygen atoms in total. The zero-order valence-corrected chi connectivity index (χ0v) is 16.2. The molecule has 1 N–H and O–H groups in total. The van der Waals surface area contributed by atoms with Crippen molar-refractivity contribution in [2.24, 2.45) is 0 Å². The highest BCUT2D eigenvalue weighted by atomic mass is 32.2. The quantitative estimate of drug-likeness (QED) is 0.769. The van der Waals surface area contributed by atoms with Gasteiger partial charge < -0.3 is 5.32 Å². The van der Waals surface area contributed by atoms with E-state index in [0.29, 0.717) is 22.6 Å². The van der Waals surface area contributed by atoms with Crippen LogP contribution in [0.5, 0.6) is 0 Å². The lowest BCUT2D eigenvalue weighted by molar-refractivity contribution is -0.116. The monoisotopic (exact) mass is 378 g/mol. The van der Waals surface area contributed by atoms with Crippen LogP contribution in [0.15, 0.2) is 29.2 Å². The highest BCUT2D eigenvalue weighted by Gasteiger charge is 2.27. The third-order valence-electron chi connectivity index (χ3n) is 3.90. The van der Waals surface area contributed by atoms with Crippen molar-refractivity contribution in [3.8, 4) is 0 Å². The van der Waals surface area contributed by atoms with E-state index in [9.17, 15) is 18.0 Å². The minimum Gasteiger partial charge on any atom is -0.324 e. The van der Waals surface area contributed by atoms with E-state index in [2.05, 4.69) is 10.4 Å². The summed E-state index contributed by atoms with van der Waals surface area (Å²) in [6, 6.07) is 6.60. The third kappa shape index (κ3) is 4.00. The lowest BCUT2D eigenvalue weighted by Gasteiger charge is -2.12. The molecule has 1 heterocycles. The zero-order valence-electron chi connectivity index (χ0n) is 15.4. The molecule has 0 saturated carbocycles. The maximum atomic E-state index is 12.4. The lowest BCUT2D eigenvalue weighted by atomic mass is 10.1. The van der Waals surface area contributed by atoms with E-state index in [0.717, 1.165) is 4.31 Å². The Morgan fingerprint density at radius 1 is 1.23 bits per heavy atom. The van der Waals surface area contributed by atoms with E-state index >= 15 is 0 Å². The van der Waals surface area contributed by atoms with Gasteiger partial charge in [0.2, 0.25) is 15.9 Å². The maximum absolute atomic E-state index is 12.4. The number of sulfonamides is 1. The number of carbonyl (C=O) groups excluding carboxylic acids is 2. The molecule has 0 spiro atoms. The fraction of sp³-hybridized carbons (Fsp3) is 0.353. The molecule has 0 radical (unpaired) electrons. The lowest BCUT2D eigenvalue weighted by Crippen LogP contribution is -2.24. The molecule has 0 aliphatic heterocycles. The number of nitrogens with zero attached hydrogens (tertiary/aromatic N) is 3. The van der Waals surface area contributed by atoms with Gasteiger partial charge in [-0.15, -0.1) is 0 Å². The number of carbonyl (C=O) groups is 2. The fourth-order valence-corrected chi connectivity index (χ4v) is 3.80. The van der Waals surface area contributed by atoms with Crippen LogP contribution < -0.4 is 5.32 Å². The Morgan fingerprint density at radius 3 is 2.46 bits per heavy atom. The molecule has 26 heavy (non-hydrogen) atoms. The molecular weight excluding hydrogens is 356 g/mol. The average molecular weight is 378 g/mol. The van der Waals surface area contributed by atoms with Crippen molar-refractivity contribution in [2.75, 3.05) is 19.4 Å². The summed E-state index contributed by atoms with van der Waals surface area (Å²) in [5.41, 5.74) is 1.71. The summed E-state index contributed by atoms with van der Waals surface area (Å²) in [7, 11) is -0.757. The molecule has 1 amide bonds. The minimum absolute atomic E-state index is 0.0989. The van der Waals surface area contributed by atoms with Crippen LogP contribution in [0.1, 0.15) is 28.7 Å². The molecular formula is C17H22N4O4S. The van der Waals surface area contributed by atoms with E-state index in [1.54, 1.807) is 38.1 Å². The number of hydrogen-bond acceptors (Lipinski definition) is 5. The number of benzene rings is 1. The molecule has 0 aliphatic rings. The summed E-state index contributed by atoms with van der Waals surface area (Å²) in [5, 5.41) is 6.87. The molecule has 0 atom stereocenters. The van der Waals surface area contributed by atoms with Gasteiger partial charge in [-0.25, -0.2) is 12.7 Å². The summed E-state index contributed by atoms with van der Waals surface area (Å²) in [4.78, 5) is 23.8. The van der Waals surface area contributed by atoms with Gasteiger partial charge in [-0.05, 0) is 32.9 Å². The van der Waals surface area contributed by atoms with E-state index < -0.39 is 10.0 Å². The summed E-state index contributed by atoms with van der Waals surface area (Å²) in [6.45, 7) is 4.51. The number of Topliss-reactive ketones (excluding diaryl/α,β-unsaturated/α-hetero) is 1. The van der Waals surface area contributed by atoms with Gasteiger partial charge in [0.25, 0.3) is 0 Å². The number of rotatable bonds is 6. The summed E-state index contributed by atoms with van der Waals surface area (Å²) >= 11 is 0. The Kier molecular flexibility index (Phi) is 5.62. The SMILES string of the molecule is CC(=O)c1cccc(NC(=O)Cn2nc(C)c(S(=O)(=O)N(C)C)c2C)c1. The van der Waals surface area contributed by atoms with Gasteiger partial charge >= 0.3 is 0 Å². The number of ketones is 1. The van der Waals surface area contributed by atoms with E-state index in [1.165, 1.54) is 25.7 Å². The molecule has 2 rings (SSSR count). The standard InChI is InChI=1S/C17H22N4O4S/c1-11-17(26(24,25)20(4)5)12(2)21(19-11)10-16(23)18-15-8-6-7-14(9-15)13(3)22/h6-9H,10H2,1-5H3,(H,18,23). The van der Waals surface area contributed by atoms with E-state index in [-0.39, 0.29) is 23.1 Å². The van der Waals surface area contributed by atoms with E-state index in [4.69, 9.17) is 0 Å². The van der Waals surface area contributed by atoms with E-state index in [1.807, 2.05) is 0 Å². The predicted molar refractivity (Wildman–Crippen MR) is 97.7 cm³/mol. The van der Waals surface area contributed by atoms with Crippen molar-refractivity contribution in [1.82, 2.24) is 14.1 Å². The Morgan fingerprint density at radius 2 is 1.88 bits per heavy atom. The topological polar surface area (TPSA) is 101 Å². The number of amides is 1. The second-order valence-electron chi connectivity index (χ2n) is 6.13. The van der Waals surface area contributed by atoms with Crippen LogP contribution in [-0.2, 0) is 21.4 Å². The zero-order chi connectivity index (χ0) is 19.6. The van der Waals surface area contributed by atoms with Gasteiger partial charge in [-0.1, -0.05) is 12.1 Å². The van der Waals surface area contributed by atoms with Gasteiger partial charge in [0.1, 0.15) is 11.4 Å². The van der Waals surface area contributed by atoms with Crippen LogP contribution in [0.25, 0.3) is 0 Å². The summed E-state index contributed by atoms with van der Waals surface area (Å²) in [6.07, 6.45) is 0. The molecule has 0 saturated heterocycles. The summed E-state index contributed by atoms with van der Waals surface area (Å²) < 4.78 is 27.3. The smallest absolute Gasteiger partial charge is 0.246 e. The minimum atomic E-state index is -3.65. The molecule has 0 aliphatic carbocycles. The van der Waals surface area contributed by atoms with Crippen molar-refractivity contribution in [2.45, 2.75) is 32.2 Å². The first-order chi connectivity index (χ1) is 12.0. The Bertz CT molecular complexity index is 961. The average Bonchev–Trinajstić information content (AvgIpc) is 2.81. The first-order valence-electron chi connectivity index (χ1n) is 7.91. The first-order valence-corrected chi connectivity index (χ1v) is 9.35. The second kappa shape index (κ2) is 7.38. The molecule has 0 fully saturated rings. The maximum Gasteiger partial charge on any atom is 0.246 e. The number of aryl methyl sites for hydroxylation is 1. The van der Waals surface area contributed by atoms with Gasteiger partial charge in [-0.2, -0.15) is 5.10 Å². The highest BCUT2D eigenvalue weighted by Crippen LogP contribution is 2.22. The Balaban J connectivity index is 2.23. The predicted octanol–water partition coefficient (Wildman–Crippen LogP) is 1.59. The molecule has 2 aromatic rings. The van der Waals surface area contributed by atoms with Crippen molar-refractivity contribution in [3.05, 3.63) is 41.2 Å². The number of nitrogens with one attached hydrogen (secondary N) is 1. The number of aromatic nitrogens is 2. The normalized spacial score (nSPS) is 11.6. The number of hydrogen-bond donors (Lipinski definition) is 1. The van der Waals surface area contributed by atoms with Gasteiger partial charge in [0.05, 0.1) is 11.4 Å². The highest BCUT2D eigenvalue weighted by molar-refractivity contribution is 7.89. The van der Waals surface area contributed by atoms with Gasteiger partial charge in [0.15, 0.2) is 5.78 Å². The molecule has 0 unspecified atom stereocenters. The molecule has 0 bridgehead atoms. The van der Waals surface area contributed by atoms with Crippen LogP contribution in [0.4, 0.5) is 5.69 Å². The first kappa shape index (κ1) is 19.8. The van der Waals surface area contributed by atoms with Crippen molar-refractivity contribution in [3.63, 3.8) is 0 Å². The van der Waals surface area contributed by atoms with Gasteiger partial charge in [0, 0.05) is 25.3 Å². The van der Waals surface area contributed by atoms with Crippen LogP contribution in [0.3, 0.4) is 0 Å². The third-order valence-corrected chi connectivity index (χ3v) is 5.97. The second-order valence-corrected chi connectivity index (χ2v) is 8.22. The summed E-state index contributed by atoms with van der Waals surface area (Å²) in [5.74, 6) is -0.469. The van der Waals surface area contributed by atoms with Crippen molar-refractivity contribution in [1.29, 1.82) is 0 Å². The fourth-order valence-electron chi connectivity index (χ4n) is 2.54.